The van der Waals surface area contributed by atoms with E-state index in [-0.39, 0.29) is 0 Å². The minimum atomic E-state index is 0.566. The van der Waals surface area contributed by atoms with Crippen LogP contribution in [-0.2, 0) is 4.74 Å². The quantitative estimate of drug-likeness (QED) is 0.882. The molecular formula is C13H19N5OS. The standard InChI is InChI=1S/C13H19N5OS/c1-9-8-20-11-10(9)16-13(15-3-2-14)17-12(11)18-4-6-19-7-5-18/h8H,2-7,14H2,1H3,(H,15,16,17). The van der Waals surface area contributed by atoms with Crippen molar-refractivity contribution in [1.29, 1.82) is 0 Å². The Balaban J connectivity index is 2.02. The van der Waals surface area contributed by atoms with E-state index in [1.807, 2.05) is 0 Å². The first-order valence-electron chi connectivity index (χ1n) is 6.82. The van der Waals surface area contributed by atoms with Crippen LogP contribution in [0.15, 0.2) is 5.38 Å². The van der Waals surface area contributed by atoms with Crippen LogP contribution in [0.5, 0.6) is 0 Å². The van der Waals surface area contributed by atoms with Gasteiger partial charge in [-0.25, -0.2) is 4.98 Å². The zero-order valence-corrected chi connectivity index (χ0v) is 12.4. The first-order valence-corrected chi connectivity index (χ1v) is 7.70. The highest BCUT2D eigenvalue weighted by molar-refractivity contribution is 7.18. The van der Waals surface area contributed by atoms with Gasteiger partial charge in [-0.3, -0.25) is 0 Å². The van der Waals surface area contributed by atoms with Gasteiger partial charge in [-0.05, 0) is 17.9 Å². The van der Waals surface area contributed by atoms with Crippen LogP contribution >= 0.6 is 11.3 Å². The Bertz CT molecular complexity index is 594. The molecule has 0 atom stereocenters. The summed E-state index contributed by atoms with van der Waals surface area (Å²) in [5.74, 6) is 1.67. The molecule has 2 aromatic heterocycles. The molecule has 0 aromatic carbocycles. The highest BCUT2D eigenvalue weighted by Crippen LogP contribution is 2.32. The summed E-state index contributed by atoms with van der Waals surface area (Å²) in [5.41, 5.74) is 7.76. The van der Waals surface area contributed by atoms with E-state index in [1.165, 1.54) is 5.56 Å². The number of ether oxygens (including phenoxy) is 1. The van der Waals surface area contributed by atoms with Crippen molar-refractivity contribution < 1.29 is 4.74 Å². The van der Waals surface area contributed by atoms with Gasteiger partial charge in [0, 0.05) is 26.2 Å². The van der Waals surface area contributed by atoms with Gasteiger partial charge < -0.3 is 20.7 Å². The van der Waals surface area contributed by atoms with Gasteiger partial charge in [0.1, 0.15) is 0 Å². The summed E-state index contributed by atoms with van der Waals surface area (Å²) < 4.78 is 6.58. The van der Waals surface area contributed by atoms with Gasteiger partial charge in [-0.15, -0.1) is 11.3 Å². The fourth-order valence-corrected chi connectivity index (χ4v) is 3.27. The minimum absolute atomic E-state index is 0.566. The smallest absolute Gasteiger partial charge is 0.225 e. The van der Waals surface area contributed by atoms with Crippen molar-refractivity contribution in [2.45, 2.75) is 6.92 Å². The number of aromatic nitrogens is 2. The summed E-state index contributed by atoms with van der Waals surface area (Å²) >= 11 is 1.71. The maximum absolute atomic E-state index is 5.54. The van der Waals surface area contributed by atoms with E-state index in [4.69, 9.17) is 10.5 Å². The van der Waals surface area contributed by atoms with Gasteiger partial charge in [-0.1, -0.05) is 0 Å². The third-order valence-electron chi connectivity index (χ3n) is 3.31. The molecule has 7 heteroatoms. The number of thiophene rings is 1. The summed E-state index contributed by atoms with van der Waals surface area (Å²) in [6.45, 7) is 6.58. The highest BCUT2D eigenvalue weighted by atomic mass is 32.1. The number of nitrogens with two attached hydrogens (primary N) is 1. The molecule has 3 rings (SSSR count). The predicted molar refractivity (Wildman–Crippen MR) is 82.7 cm³/mol. The van der Waals surface area contributed by atoms with Crippen LogP contribution in [0.1, 0.15) is 5.56 Å². The van der Waals surface area contributed by atoms with Gasteiger partial charge >= 0.3 is 0 Å². The monoisotopic (exact) mass is 293 g/mol. The van der Waals surface area contributed by atoms with Crippen LogP contribution in [-0.4, -0.2) is 49.4 Å². The number of hydrogen-bond donors (Lipinski definition) is 2. The SMILES string of the molecule is Cc1csc2c(N3CCOCC3)nc(NCCN)nc12. The number of fused-ring (bicyclic) bond motifs is 1. The number of anilines is 2. The number of aryl methyl sites for hydroxylation is 1. The van der Waals surface area contributed by atoms with E-state index in [0.29, 0.717) is 19.0 Å². The lowest BCUT2D eigenvalue weighted by Crippen LogP contribution is -2.37. The number of nitrogens with zero attached hydrogens (tertiary/aromatic N) is 3. The van der Waals surface area contributed by atoms with Crippen LogP contribution in [0.3, 0.4) is 0 Å². The minimum Gasteiger partial charge on any atom is -0.378 e. The average Bonchev–Trinajstić information content (AvgIpc) is 2.87. The molecule has 1 aliphatic rings. The first kappa shape index (κ1) is 13.5. The highest BCUT2D eigenvalue weighted by Gasteiger charge is 2.19. The molecule has 0 saturated carbocycles. The molecule has 0 spiro atoms. The van der Waals surface area contributed by atoms with E-state index in [2.05, 4.69) is 32.5 Å². The first-order chi connectivity index (χ1) is 9.79. The molecule has 0 radical (unpaired) electrons. The number of nitrogens with one attached hydrogen (secondary N) is 1. The average molecular weight is 293 g/mol. The molecule has 6 nitrogen and oxygen atoms in total. The Morgan fingerprint density at radius 3 is 2.95 bits per heavy atom. The Morgan fingerprint density at radius 2 is 2.20 bits per heavy atom. The lowest BCUT2D eigenvalue weighted by Gasteiger charge is -2.28. The van der Waals surface area contributed by atoms with Crippen LogP contribution in [0.2, 0.25) is 0 Å². The van der Waals surface area contributed by atoms with Gasteiger partial charge in [0.05, 0.1) is 23.4 Å². The van der Waals surface area contributed by atoms with Crippen LogP contribution in [0.4, 0.5) is 11.8 Å². The molecule has 3 N–H and O–H groups in total. The lowest BCUT2D eigenvalue weighted by molar-refractivity contribution is 0.122. The number of rotatable bonds is 4. The molecule has 0 unspecified atom stereocenters. The molecule has 0 bridgehead atoms. The van der Waals surface area contributed by atoms with Crippen molar-refractivity contribution in [2.75, 3.05) is 49.6 Å². The number of morpholine rings is 1. The molecule has 1 fully saturated rings. The third-order valence-corrected chi connectivity index (χ3v) is 4.40. The fourth-order valence-electron chi connectivity index (χ4n) is 2.27. The van der Waals surface area contributed by atoms with E-state index in [1.54, 1.807) is 11.3 Å². The van der Waals surface area contributed by atoms with Gasteiger partial charge in [0.15, 0.2) is 5.82 Å². The molecule has 3 heterocycles. The zero-order chi connectivity index (χ0) is 13.9. The Hall–Kier alpha value is -1.44. The van der Waals surface area contributed by atoms with Gasteiger partial charge in [0.2, 0.25) is 5.95 Å². The fraction of sp³-hybridized carbons (Fsp3) is 0.538. The van der Waals surface area contributed by atoms with Gasteiger partial charge in [-0.2, -0.15) is 4.98 Å². The topological polar surface area (TPSA) is 76.3 Å². The van der Waals surface area contributed by atoms with Crippen molar-refractivity contribution in [1.82, 2.24) is 9.97 Å². The van der Waals surface area contributed by atoms with Crippen molar-refractivity contribution in [3.63, 3.8) is 0 Å². The van der Waals surface area contributed by atoms with E-state index >= 15 is 0 Å². The molecule has 20 heavy (non-hydrogen) atoms. The number of hydrogen-bond acceptors (Lipinski definition) is 7. The summed E-state index contributed by atoms with van der Waals surface area (Å²) in [4.78, 5) is 11.6. The largest absolute Gasteiger partial charge is 0.378 e. The second kappa shape index (κ2) is 5.90. The Labute approximate surface area is 122 Å². The molecule has 1 aliphatic heterocycles. The summed E-state index contributed by atoms with van der Waals surface area (Å²) in [6, 6.07) is 0. The second-order valence-electron chi connectivity index (χ2n) is 4.78. The van der Waals surface area contributed by atoms with Crippen molar-refractivity contribution >= 4 is 33.3 Å². The molecule has 1 saturated heterocycles. The maximum Gasteiger partial charge on any atom is 0.225 e. The normalized spacial score (nSPS) is 15.8. The Morgan fingerprint density at radius 1 is 1.40 bits per heavy atom. The molecule has 108 valence electrons. The van der Waals surface area contributed by atoms with Crippen molar-refractivity contribution in [3.05, 3.63) is 10.9 Å². The lowest BCUT2D eigenvalue weighted by atomic mass is 10.3. The molecule has 2 aromatic rings. The van der Waals surface area contributed by atoms with E-state index < -0.39 is 0 Å². The van der Waals surface area contributed by atoms with E-state index in [9.17, 15) is 0 Å². The zero-order valence-electron chi connectivity index (χ0n) is 11.6. The van der Waals surface area contributed by atoms with Crippen molar-refractivity contribution in [2.24, 2.45) is 5.73 Å². The van der Waals surface area contributed by atoms with Gasteiger partial charge in [0.25, 0.3) is 0 Å². The third kappa shape index (κ3) is 2.56. The van der Waals surface area contributed by atoms with Crippen molar-refractivity contribution in [3.8, 4) is 0 Å². The summed E-state index contributed by atoms with van der Waals surface area (Å²) in [7, 11) is 0. The Kier molecular flexibility index (Phi) is 4.00. The molecule has 0 amide bonds. The van der Waals surface area contributed by atoms with Crippen LogP contribution in [0, 0.1) is 6.92 Å². The summed E-state index contributed by atoms with van der Waals surface area (Å²) in [6.07, 6.45) is 0. The summed E-state index contributed by atoms with van der Waals surface area (Å²) in [5, 5.41) is 5.32. The van der Waals surface area contributed by atoms with E-state index in [0.717, 1.165) is 42.3 Å². The van der Waals surface area contributed by atoms with Crippen LogP contribution in [0.25, 0.3) is 10.2 Å². The maximum atomic E-state index is 5.54. The molecular weight excluding hydrogens is 274 g/mol. The molecule has 0 aliphatic carbocycles. The second-order valence-corrected chi connectivity index (χ2v) is 5.66. The van der Waals surface area contributed by atoms with Crippen LogP contribution < -0.4 is 16.0 Å². The predicted octanol–water partition coefficient (Wildman–Crippen LogP) is 1.21.